The normalized spacial score (nSPS) is 5.14. The van der Waals surface area contributed by atoms with Crippen LogP contribution in [0, 0.1) is 13.3 Å². The second-order valence-electron chi connectivity index (χ2n) is 1.50. The van der Waals surface area contributed by atoms with Crippen LogP contribution >= 0.6 is 0 Å². The van der Waals surface area contributed by atoms with Crippen molar-refractivity contribution in [2.45, 2.75) is 28.2 Å². The Morgan fingerprint density at radius 3 is 1.00 bits per heavy atom. The van der Waals surface area contributed by atoms with Gasteiger partial charge < -0.3 is 13.3 Å². The van der Waals surface area contributed by atoms with Crippen LogP contribution in [-0.4, -0.2) is 0 Å². The van der Waals surface area contributed by atoms with Gasteiger partial charge in [0.15, 0.2) is 0 Å². The Bertz CT molecular complexity index is 8.90. The van der Waals surface area contributed by atoms with Crippen LogP contribution in [0.5, 0.6) is 0 Å². The van der Waals surface area contributed by atoms with Crippen molar-refractivity contribution in [2.75, 3.05) is 0 Å². The Morgan fingerprint density at radius 2 is 1.00 bits per heavy atom. The predicted molar refractivity (Wildman–Crippen MR) is 33.4 cm³/mol. The van der Waals surface area contributed by atoms with E-state index in [1.807, 2.05) is 0 Å². The van der Waals surface area contributed by atoms with E-state index >= 15 is 0 Å². The molecule has 0 unspecified atom stereocenters. The van der Waals surface area contributed by atoms with Gasteiger partial charge in [0.25, 0.3) is 0 Å². The van der Waals surface area contributed by atoms with E-state index in [9.17, 15) is 0 Å². The summed E-state index contributed by atoms with van der Waals surface area (Å²) >= 11 is 0. The van der Waals surface area contributed by atoms with Gasteiger partial charge in [-0.05, 0) is 0 Å². The molecule has 0 spiro atoms. The maximum absolute atomic E-state index is 2.08. The van der Waals surface area contributed by atoms with E-state index in [0.29, 0.717) is 0 Å². The van der Waals surface area contributed by atoms with Gasteiger partial charge in [-0.15, -0.1) is 0 Å². The second-order valence-corrected chi connectivity index (χ2v) is 1.50. The Hall–Kier alpha value is 0.688. The first-order valence-electron chi connectivity index (χ1n) is 1.50. The van der Waals surface area contributed by atoms with Crippen molar-refractivity contribution >= 4 is 0 Å². The van der Waals surface area contributed by atoms with Crippen LogP contribution in [0.2, 0.25) is 0 Å². The maximum Gasteiger partial charge on any atom is 2.00 e. The van der Waals surface area contributed by atoms with E-state index in [1.54, 1.807) is 0 Å². The van der Waals surface area contributed by atoms with E-state index < -0.39 is 0 Å². The summed E-state index contributed by atoms with van der Waals surface area (Å²) in [6.07, 6.45) is 0. The van der Waals surface area contributed by atoms with Gasteiger partial charge in [-0.2, -0.15) is 20.8 Å². The van der Waals surface area contributed by atoms with Gasteiger partial charge in [-0.3, -0.25) is 0 Å². The molecule has 0 N–H and O–H groups in total. The minimum atomic E-state index is 0. The molecule has 0 aliphatic carbocycles. The molecule has 0 aliphatic rings. The SMILES string of the molecule is C.C[C-](C)C.[CH3-].[W+2]. The standard InChI is InChI=1S/C4H9.CH4.CH3.W/c1-4(2)3;;;/h1-3H3;1H4;1H3;/q-1;;-1;+2. The van der Waals surface area contributed by atoms with Crippen LogP contribution in [0.3, 0.4) is 0 Å². The zero-order valence-corrected chi connectivity index (χ0v) is 7.84. The molecule has 0 radical (unpaired) electrons. The summed E-state index contributed by atoms with van der Waals surface area (Å²) in [5.41, 5.74) is 0. The van der Waals surface area contributed by atoms with Gasteiger partial charge in [0.2, 0.25) is 0 Å². The molecule has 0 fully saturated rings. The average Bonchev–Trinajstić information content (AvgIpc) is 0.811. The molecule has 1 heteroatoms. The first-order chi connectivity index (χ1) is 1.73. The van der Waals surface area contributed by atoms with E-state index in [-0.39, 0.29) is 35.9 Å². The minimum absolute atomic E-state index is 0. The zero-order valence-electron chi connectivity index (χ0n) is 4.91. The van der Waals surface area contributed by atoms with Crippen molar-refractivity contribution in [3.63, 3.8) is 0 Å². The molecule has 0 saturated heterocycles. The molecule has 0 nitrogen and oxygen atoms in total. The fourth-order valence-electron chi connectivity index (χ4n) is 0. The fourth-order valence-corrected chi connectivity index (χ4v) is 0. The van der Waals surface area contributed by atoms with E-state index in [4.69, 9.17) is 0 Å². The number of rotatable bonds is 0. The molecule has 0 atom stereocenters. The summed E-state index contributed by atoms with van der Waals surface area (Å²) in [5, 5.41) is 0. The van der Waals surface area contributed by atoms with Gasteiger partial charge >= 0.3 is 21.1 Å². The monoisotopic (exact) mass is 272 g/mol. The third-order valence-electron chi connectivity index (χ3n) is 0. The first kappa shape index (κ1) is 25.3. The summed E-state index contributed by atoms with van der Waals surface area (Å²) in [4.78, 5) is 0. The molecule has 7 heavy (non-hydrogen) atoms. The molecule has 0 saturated carbocycles. The third kappa shape index (κ3) is 310. The van der Waals surface area contributed by atoms with Crippen molar-refractivity contribution in [3.8, 4) is 0 Å². The van der Waals surface area contributed by atoms with Crippen LogP contribution in [0.25, 0.3) is 0 Å². The summed E-state index contributed by atoms with van der Waals surface area (Å²) in [6, 6.07) is 0. The number of hydrogen-bond acceptors (Lipinski definition) is 0. The molecular formula is C6H16W. The average molecular weight is 272 g/mol. The molecule has 0 rings (SSSR count). The molecule has 0 heterocycles. The van der Waals surface area contributed by atoms with E-state index in [1.165, 1.54) is 5.92 Å². The van der Waals surface area contributed by atoms with E-state index in [2.05, 4.69) is 20.8 Å². The first-order valence-corrected chi connectivity index (χ1v) is 1.50. The second kappa shape index (κ2) is 15.9. The van der Waals surface area contributed by atoms with Crippen molar-refractivity contribution in [2.24, 2.45) is 0 Å². The van der Waals surface area contributed by atoms with Crippen LogP contribution in [0.15, 0.2) is 0 Å². The van der Waals surface area contributed by atoms with Gasteiger partial charge in [-0.1, -0.05) is 7.43 Å². The Kier molecular flexibility index (Phi) is 57.5. The molecule has 0 aliphatic heterocycles. The van der Waals surface area contributed by atoms with Gasteiger partial charge in [0.1, 0.15) is 0 Å². The fraction of sp³-hybridized carbons (Fsp3) is 0.667. The van der Waals surface area contributed by atoms with Crippen LogP contribution in [-0.2, 0) is 21.1 Å². The Balaban J connectivity index is -0.0000000150. The van der Waals surface area contributed by atoms with Gasteiger partial charge in [-0.25, -0.2) is 0 Å². The molecule has 0 amide bonds. The predicted octanol–water partition coefficient (Wildman–Crippen LogP) is 2.70. The molecule has 0 aromatic carbocycles. The summed E-state index contributed by atoms with van der Waals surface area (Å²) < 4.78 is 0. The Morgan fingerprint density at radius 1 is 1.00 bits per heavy atom. The molecule has 0 aromatic rings. The Labute approximate surface area is 63.0 Å². The van der Waals surface area contributed by atoms with Crippen LogP contribution < -0.4 is 0 Å². The smallest absolute Gasteiger partial charge is 0.358 e. The summed E-state index contributed by atoms with van der Waals surface area (Å²) in [5.74, 6) is 1.42. The molecule has 46 valence electrons. The summed E-state index contributed by atoms with van der Waals surface area (Å²) in [6.45, 7) is 6.25. The topological polar surface area (TPSA) is 0 Å². The molecular weight excluding hydrogens is 256 g/mol. The summed E-state index contributed by atoms with van der Waals surface area (Å²) in [7, 11) is 0. The zero-order chi connectivity index (χ0) is 3.58. The third-order valence-corrected chi connectivity index (χ3v) is 0. The minimum Gasteiger partial charge on any atom is -0.358 e. The quantitative estimate of drug-likeness (QED) is 0.595. The molecule has 0 bridgehead atoms. The number of hydrogen-bond donors (Lipinski definition) is 0. The van der Waals surface area contributed by atoms with Gasteiger partial charge in [0.05, 0.1) is 0 Å². The van der Waals surface area contributed by atoms with Crippen molar-refractivity contribution in [1.29, 1.82) is 0 Å². The van der Waals surface area contributed by atoms with Gasteiger partial charge in [0, 0.05) is 0 Å². The maximum atomic E-state index is 2.08. The molecule has 0 aromatic heterocycles. The van der Waals surface area contributed by atoms with Crippen LogP contribution in [0.4, 0.5) is 0 Å². The van der Waals surface area contributed by atoms with Crippen molar-refractivity contribution < 1.29 is 21.1 Å². The van der Waals surface area contributed by atoms with Crippen molar-refractivity contribution in [1.82, 2.24) is 0 Å². The van der Waals surface area contributed by atoms with E-state index in [0.717, 1.165) is 0 Å². The van der Waals surface area contributed by atoms with Crippen molar-refractivity contribution in [3.05, 3.63) is 13.3 Å². The van der Waals surface area contributed by atoms with Crippen LogP contribution in [0.1, 0.15) is 28.2 Å². The largest absolute Gasteiger partial charge is 2.00 e.